The van der Waals surface area contributed by atoms with Crippen molar-refractivity contribution < 1.29 is 19.0 Å². The summed E-state index contributed by atoms with van der Waals surface area (Å²) >= 11 is 0. The van der Waals surface area contributed by atoms with Crippen molar-refractivity contribution in [2.24, 2.45) is 0 Å². The van der Waals surface area contributed by atoms with Crippen molar-refractivity contribution >= 4 is 5.97 Å². The molecule has 18 heavy (non-hydrogen) atoms. The van der Waals surface area contributed by atoms with Crippen LogP contribution in [0, 0.1) is 6.92 Å². The highest BCUT2D eigenvalue weighted by Crippen LogP contribution is 2.40. The monoisotopic (exact) mass is 250 g/mol. The first kappa shape index (κ1) is 12.9. The van der Waals surface area contributed by atoms with Crippen LogP contribution in [0.2, 0.25) is 0 Å². The number of rotatable bonds is 5. The number of methoxy groups -OCH3 is 1. The average Bonchev–Trinajstić information content (AvgIpc) is 3.16. The Morgan fingerprint density at radius 3 is 2.83 bits per heavy atom. The van der Waals surface area contributed by atoms with Crippen LogP contribution in [0.15, 0.2) is 18.2 Å². The molecule has 4 nitrogen and oxygen atoms in total. The molecule has 0 saturated carbocycles. The SMILES string of the molecule is CCCOC(=O)C1OC1c1ccc(OC)c(C)c1. The summed E-state index contributed by atoms with van der Waals surface area (Å²) in [4.78, 5) is 11.6. The molecule has 1 heterocycles. The minimum absolute atomic E-state index is 0.168. The molecule has 2 unspecified atom stereocenters. The molecule has 1 fully saturated rings. The smallest absolute Gasteiger partial charge is 0.338 e. The second kappa shape index (κ2) is 5.40. The van der Waals surface area contributed by atoms with Crippen LogP contribution in [0.25, 0.3) is 0 Å². The molecule has 0 aromatic heterocycles. The van der Waals surface area contributed by atoms with E-state index in [-0.39, 0.29) is 12.1 Å². The van der Waals surface area contributed by atoms with Crippen LogP contribution in [0.4, 0.5) is 0 Å². The number of benzene rings is 1. The van der Waals surface area contributed by atoms with E-state index in [0.29, 0.717) is 6.61 Å². The van der Waals surface area contributed by atoms with Gasteiger partial charge in [-0.2, -0.15) is 0 Å². The first-order chi connectivity index (χ1) is 8.67. The van der Waals surface area contributed by atoms with Gasteiger partial charge in [0.15, 0.2) is 6.10 Å². The zero-order valence-corrected chi connectivity index (χ0v) is 10.9. The Balaban J connectivity index is 1.99. The summed E-state index contributed by atoms with van der Waals surface area (Å²) in [5, 5.41) is 0. The second-order valence-electron chi connectivity index (χ2n) is 4.37. The normalized spacial score (nSPS) is 21.5. The molecule has 0 spiro atoms. The lowest BCUT2D eigenvalue weighted by molar-refractivity contribution is -0.145. The van der Waals surface area contributed by atoms with Crippen molar-refractivity contribution in [2.75, 3.05) is 13.7 Å². The van der Waals surface area contributed by atoms with Crippen LogP contribution in [0.5, 0.6) is 5.75 Å². The maximum absolute atomic E-state index is 11.6. The van der Waals surface area contributed by atoms with Crippen LogP contribution < -0.4 is 4.74 Å². The van der Waals surface area contributed by atoms with Crippen LogP contribution in [0.1, 0.15) is 30.6 Å². The number of carbonyl (C=O) groups is 1. The zero-order chi connectivity index (χ0) is 13.1. The lowest BCUT2D eigenvalue weighted by Crippen LogP contribution is -2.12. The third-order valence-electron chi connectivity index (χ3n) is 2.92. The molecule has 1 aliphatic heterocycles. The highest BCUT2D eigenvalue weighted by atomic mass is 16.6. The van der Waals surface area contributed by atoms with Gasteiger partial charge < -0.3 is 14.2 Å². The second-order valence-corrected chi connectivity index (χ2v) is 4.37. The molecule has 0 N–H and O–H groups in total. The molecule has 1 aromatic rings. The molecule has 98 valence electrons. The lowest BCUT2D eigenvalue weighted by Gasteiger charge is -2.05. The summed E-state index contributed by atoms with van der Waals surface area (Å²) in [7, 11) is 1.64. The Morgan fingerprint density at radius 2 is 2.22 bits per heavy atom. The maximum atomic E-state index is 11.6. The van der Waals surface area contributed by atoms with Crippen molar-refractivity contribution in [3.63, 3.8) is 0 Å². The number of ether oxygens (including phenoxy) is 3. The molecule has 1 aliphatic rings. The molecule has 0 amide bonds. The summed E-state index contributed by atoms with van der Waals surface area (Å²) in [5.74, 6) is 0.569. The molecule has 4 heteroatoms. The Kier molecular flexibility index (Phi) is 3.87. The van der Waals surface area contributed by atoms with Gasteiger partial charge in [0, 0.05) is 0 Å². The minimum Gasteiger partial charge on any atom is -0.496 e. The molecular formula is C14H18O4. The Hall–Kier alpha value is -1.55. The van der Waals surface area contributed by atoms with E-state index >= 15 is 0 Å². The quantitative estimate of drug-likeness (QED) is 0.594. The number of aryl methyl sites for hydroxylation is 1. The summed E-state index contributed by atoms with van der Waals surface area (Å²) in [5.41, 5.74) is 2.03. The number of hydrogen-bond acceptors (Lipinski definition) is 4. The molecule has 2 atom stereocenters. The van der Waals surface area contributed by atoms with E-state index in [2.05, 4.69) is 0 Å². The van der Waals surface area contributed by atoms with Gasteiger partial charge in [0.1, 0.15) is 11.9 Å². The third-order valence-corrected chi connectivity index (χ3v) is 2.92. The number of epoxide rings is 1. The first-order valence-corrected chi connectivity index (χ1v) is 6.14. The van der Waals surface area contributed by atoms with Gasteiger partial charge in [0.2, 0.25) is 0 Å². The average molecular weight is 250 g/mol. The Morgan fingerprint density at radius 1 is 1.44 bits per heavy atom. The molecule has 1 aromatic carbocycles. The summed E-state index contributed by atoms with van der Waals surface area (Å²) in [6.45, 7) is 4.38. The molecule has 1 saturated heterocycles. The van der Waals surface area contributed by atoms with E-state index in [1.54, 1.807) is 7.11 Å². The number of hydrogen-bond donors (Lipinski definition) is 0. The topological polar surface area (TPSA) is 48.1 Å². The van der Waals surface area contributed by atoms with Gasteiger partial charge in [0.25, 0.3) is 0 Å². The van der Waals surface area contributed by atoms with E-state index in [1.807, 2.05) is 32.0 Å². The third kappa shape index (κ3) is 2.64. The summed E-state index contributed by atoms with van der Waals surface area (Å²) < 4.78 is 15.6. The van der Waals surface area contributed by atoms with E-state index in [9.17, 15) is 4.79 Å². The van der Waals surface area contributed by atoms with Crippen molar-refractivity contribution in [1.29, 1.82) is 0 Å². The maximum Gasteiger partial charge on any atom is 0.338 e. The zero-order valence-electron chi connectivity index (χ0n) is 10.9. The van der Waals surface area contributed by atoms with E-state index in [0.717, 1.165) is 23.3 Å². The van der Waals surface area contributed by atoms with Gasteiger partial charge in [-0.1, -0.05) is 13.0 Å². The first-order valence-electron chi connectivity index (χ1n) is 6.14. The fourth-order valence-corrected chi connectivity index (χ4v) is 1.91. The van der Waals surface area contributed by atoms with E-state index in [1.165, 1.54) is 0 Å². The van der Waals surface area contributed by atoms with E-state index < -0.39 is 6.10 Å². The standard InChI is InChI=1S/C14H18O4/c1-4-7-17-14(15)13-12(18-13)10-5-6-11(16-3)9(2)8-10/h5-6,8,12-13H,4,7H2,1-3H3. The van der Waals surface area contributed by atoms with Crippen LogP contribution >= 0.6 is 0 Å². The molecule has 2 rings (SSSR count). The van der Waals surface area contributed by atoms with Crippen molar-refractivity contribution in [3.05, 3.63) is 29.3 Å². The highest BCUT2D eigenvalue weighted by Gasteiger charge is 2.47. The van der Waals surface area contributed by atoms with Crippen LogP contribution in [-0.4, -0.2) is 25.8 Å². The fourth-order valence-electron chi connectivity index (χ4n) is 1.91. The summed E-state index contributed by atoms with van der Waals surface area (Å²) in [6, 6.07) is 5.79. The van der Waals surface area contributed by atoms with Gasteiger partial charge in [0.05, 0.1) is 13.7 Å². The van der Waals surface area contributed by atoms with Gasteiger partial charge in [-0.25, -0.2) is 4.79 Å². The Bertz CT molecular complexity index is 441. The number of esters is 1. The van der Waals surface area contributed by atoms with Gasteiger partial charge >= 0.3 is 5.97 Å². The van der Waals surface area contributed by atoms with Crippen molar-refractivity contribution in [3.8, 4) is 5.75 Å². The van der Waals surface area contributed by atoms with Gasteiger partial charge in [-0.05, 0) is 36.6 Å². The molecule has 0 bridgehead atoms. The predicted octanol–water partition coefficient (Wildman–Crippen LogP) is 2.40. The predicted molar refractivity (Wildman–Crippen MR) is 66.6 cm³/mol. The fraction of sp³-hybridized carbons (Fsp3) is 0.500. The highest BCUT2D eigenvalue weighted by molar-refractivity contribution is 5.78. The van der Waals surface area contributed by atoms with Gasteiger partial charge in [-0.3, -0.25) is 0 Å². The van der Waals surface area contributed by atoms with Gasteiger partial charge in [-0.15, -0.1) is 0 Å². The van der Waals surface area contributed by atoms with Crippen molar-refractivity contribution in [2.45, 2.75) is 32.5 Å². The van der Waals surface area contributed by atoms with Crippen LogP contribution in [0.3, 0.4) is 0 Å². The number of carbonyl (C=O) groups excluding carboxylic acids is 1. The van der Waals surface area contributed by atoms with Crippen LogP contribution in [-0.2, 0) is 14.3 Å². The molecule has 0 radical (unpaired) electrons. The van der Waals surface area contributed by atoms with Crippen molar-refractivity contribution in [1.82, 2.24) is 0 Å². The molecule has 0 aliphatic carbocycles. The Labute approximate surface area is 107 Å². The molecular weight excluding hydrogens is 232 g/mol. The lowest BCUT2D eigenvalue weighted by atomic mass is 10.1. The minimum atomic E-state index is -0.440. The van der Waals surface area contributed by atoms with E-state index in [4.69, 9.17) is 14.2 Å². The largest absolute Gasteiger partial charge is 0.496 e. The summed E-state index contributed by atoms with van der Waals surface area (Å²) in [6.07, 6.45) is 0.216.